The highest BCUT2D eigenvalue weighted by atomic mass is 16.5. The van der Waals surface area contributed by atoms with E-state index in [0.29, 0.717) is 5.88 Å². The van der Waals surface area contributed by atoms with Crippen LogP contribution in [0, 0.1) is 13.8 Å². The third-order valence-electron chi connectivity index (χ3n) is 3.94. The van der Waals surface area contributed by atoms with Crippen LogP contribution in [0.1, 0.15) is 11.1 Å². The summed E-state index contributed by atoms with van der Waals surface area (Å²) in [6.45, 7) is 4.11. The first kappa shape index (κ1) is 14.5. The second-order valence-electron chi connectivity index (χ2n) is 5.96. The molecule has 0 aliphatic carbocycles. The average Bonchev–Trinajstić information content (AvgIpc) is 2.98. The zero-order valence-electron chi connectivity index (χ0n) is 13.6. The monoisotopic (exact) mass is 315 g/mol. The lowest BCUT2D eigenvalue weighted by Crippen LogP contribution is -1.89. The molecule has 2 aromatic carbocycles. The van der Waals surface area contributed by atoms with Gasteiger partial charge in [0.2, 0.25) is 5.88 Å². The summed E-state index contributed by atoms with van der Waals surface area (Å²) in [5.74, 6) is 1.36. The summed E-state index contributed by atoms with van der Waals surface area (Å²) in [5.41, 5.74) is 5.23. The van der Waals surface area contributed by atoms with E-state index in [1.54, 1.807) is 12.5 Å². The Morgan fingerprint density at radius 3 is 2.42 bits per heavy atom. The molecule has 0 bridgehead atoms. The van der Waals surface area contributed by atoms with E-state index in [4.69, 9.17) is 9.15 Å². The number of furan rings is 1. The largest absolute Gasteiger partial charge is 0.462 e. The lowest BCUT2D eigenvalue weighted by Gasteiger charge is -2.07. The van der Waals surface area contributed by atoms with Crippen LogP contribution in [0.15, 0.2) is 71.5 Å². The van der Waals surface area contributed by atoms with Crippen molar-refractivity contribution in [3.63, 3.8) is 0 Å². The first-order valence-corrected chi connectivity index (χ1v) is 7.88. The summed E-state index contributed by atoms with van der Waals surface area (Å²) in [4.78, 5) is 4.35. The highest BCUT2D eigenvalue weighted by Crippen LogP contribution is 2.33. The van der Waals surface area contributed by atoms with Crippen molar-refractivity contribution in [3.8, 4) is 22.8 Å². The van der Waals surface area contributed by atoms with Crippen molar-refractivity contribution in [2.75, 3.05) is 0 Å². The van der Waals surface area contributed by atoms with Gasteiger partial charge in [-0.3, -0.25) is 0 Å². The van der Waals surface area contributed by atoms with Crippen LogP contribution in [0.3, 0.4) is 0 Å². The van der Waals surface area contributed by atoms with E-state index >= 15 is 0 Å². The molecule has 2 aromatic heterocycles. The van der Waals surface area contributed by atoms with Gasteiger partial charge in [-0.25, -0.2) is 4.98 Å². The molecule has 0 aliphatic heterocycles. The minimum atomic E-state index is 0.561. The number of nitrogens with zero attached hydrogens (tertiary/aromatic N) is 1. The molecule has 24 heavy (non-hydrogen) atoms. The number of pyridine rings is 1. The number of aryl methyl sites for hydroxylation is 2. The van der Waals surface area contributed by atoms with E-state index in [2.05, 4.69) is 37.0 Å². The van der Waals surface area contributed by atoms with Gasteiger partial charge in [0.25, 0.3) is 0 Å². The van der Waals surface area contributed by atoms with Crippen molar-refractivity contribution in [2.24, 2.45) is 0 Å². The molecule has 0 saturated carbocycles. The Balaban J connectivity index is 1.75. The van der Waals surface area contributed by atoms with Crippen molar-refractivity contribution in [2.45, 2.75) is 13.8 Å². The Bertz CT molecular complexity index is 983. The Kier molecular flexibility index (Phi) is 3.54. The lowest BCUT2D eigenvalue weighted by molar-refractivity contribution is 0.462. The fourth-order valence-electron chi connectivity index (χ4n) is 2.92. The first-order valence-electron chi connectivity index (χ1n) is 7.88. The molecule has 0 N–H and O–H groups in total. The van der Waals surface area contributed by atoms with Crippen molar-refractivity contribution in [1.29, 1.82) is 0 Å². The Hall–Kier alpha value is -3.07. The second kappa shape index (κ2) is 5.85. The molecule has 4 rings (SSSR count). The predicted octanol–water partition coefficient (Wildman–Crippen LogP) is 5.90. The van der Waals surface area contributed by atoms with Gasteiger partial charge in [-0.05, 0) is 42.7 Å². The molecule has 118 valence electrons. The topological polar surface area (TPSA) is 35.3 Å². The zero-order chi connectivity index (χ0) is 16.5. The van der Waals surface area contributed by atoms with Gasteiger partial charge in [0.05, 0.1) is 12.5 Å². The quantitative estimate of drug-likeness (QED) is 0.472. The van der Waals surface area contributed by atoms with Gasteiger partial charge in [-0.1, -0.05) is 36.4 Å². The maximum Gasteiger partial charge on any atom is 0.220 e. The first-order chi connectivity index (χ1) is 11.7. The van der Waals surface area contributed by atoms with Gasteiger partial charge in [0.1, 0.15) is 5.75 Å². The number of ether oxygens (including phenoxy) is 1. The molecule has 3 heteroatoms. The molecule has 2 heterocycles. The number of benzene rings is 2. The van der Waals surface area contributed by atoms with Crippen LogP contribution in [-0.2, 0) is 0 Å². The number of aromatic nitrogens is 1. The summed E-state index contributed by atoms with van der Waals surface area (Å²) >= 11 is 0. The van der Waals surface area contributed by atoms with Crippen molar-refractivity contribution in [3.05, 3.63) is 78.2 Å². The van der Waals surface area contributed by atoms with Gasteiger partial charge in [-0.2, -0.15) is 0 Å². The van der Waals surface area contributed by atoms with E-state index in [1.807, 2.05) is 36.4 Å². The summed E-state index contributed by atoms with van der Waals surface area (Å²) in [7, 11) is 0. The minimum absolute atomic E-state index is 0.561. The third-order valence-corrected chi connectivity index (χ3v) is 3.94. The van der Waals surface area contributed by atoms with Gasteiger partial charge >= 0.3 is 0 Å². The molecule has 0 atom stereocenters. The minimum Gasteiger partial charge on any atom is -0.462 e. The highest BCUT2D eigenvalue weighted by Gasteiger charge is 2.10. The van der Waals surface area contributed by atoms with Gasteiger partial charge in [0, 0.05) is 17.0 Å². The molecule has 0 saturated heterocycles. The number of rotatable bonds is 3. The van der Waals surface area contributed by atoms with E-state index in [9.17, 15) is 0 Å². The molecule has 0 aliphatic rings. The van der Waals surface area contributed by atoms with Crippen LogP contribution in [0.25, 0.3) is 22.1 Å². The summed E-state index contributed by atoms with van der Waals surface area (Å²) in [6, 6.07) is 18.2. The van der Waals surface area contributed by atoms with Crippen molar-refractivity contribution in [1.82, 2.24) is 4.98 Å². The zero-order valence-corrected chi connectivity index (χ0v) is 13.6. The lowest BCUT2D eigenvalue weighted by atomic mass is 10.1. The SMILES string of the molecule is Cc1cc(C)cc(Oc2cc3c(-c4ccccc4)coc3cn2)c1. The fraction of sp³-hybridized carbons (Fsp3) is 0.0952. The normalized spacial score (nSPS) is 10.9. The van der Waals surface area contributed by atoms with Crippen LogP contribution in [0.4, 0.5) is 0 Å². The van der Waals surface area contributed by atoms with Crippen LogP contribution in [0.2, 0.25) is 0 Å². The molecule has 0 unspecified atom stereocenters. The van der Waals surface area contributed by atoms with Crippen molar-refractivity contribution >= 4 is 11.0 Å². The maximum atomic E-state index is 5.96. The third kappa shape index (κ3) is 2.76. The predicted molar refractivity (Wildman–Crippen MR) is 95.4 cm³/mol. The molecule has 4 aromatic rings. The summed E-state index contributed by atoms with van der Waals surface area (Å²) in [6.07, 6.45) is 3.47. The van der Waals surface area contributed by atoms with Gasteiger partial charge in [0.15, 0.2) is 5.58 Å². The summed E-state index contributed by atoms with van der Waals surface area (Å²) in [5, 5.41) is 0.996. The second-order valence-corrected chi connectivity index (χ2v) is 5.96. The smallest absolute Gasteiger partial charge is 0.220 e. The fourth-order valence-corrected chi connectivity index (χ4v) is 2.92. The Morgan fingerprint density at radius 1 is 0.917 bits per heavy atom. The Morgan fingerprint density at radius 2 is 1.67 bits per heavy atom. The molecule has 3 nitrogen and oxygen atoms in total. The van der Waals surface area contributed by atoms with Gasteiger partial charge in [-0.15, -0.1) is 0 Å². The molecule has 0 fully saturated rings. The van der Waals surface area contributed by atoms with E-state index in [-0.39, 0.29) is 0 Å². The molecular weight excluding hydrogens is 298 g/mol. The van der Waals surface area contributed by atoms with E-state index in [0.717, 1.165) is 27.8 Å². The van der Waals surface area contributed by atoms with Crippen LogP contribution >= 0.6 is 0 Å². The van der Waals surface area contributed by atoms with Crippen molar-refractivity contribution < 1.29 is 9.15 Å². The Labute approximate surface area is 140 Å². The van der Waals surface area contributed by atoms with Crippen LogP contribution < -0.4 is 4.74 Å². The van der Waals surface area contributed by atoms with E-state index in [1.165, 1.54) is 11.1 Å². The van der Waals surface area contributed by atoms with Crippen LogP contribution in [0.5, 0.6) is 11.6 Å². The van der Waals surface area contributed by atoms with E-state index < -0.39 is 0 Å². The number of fused-ring (bicyclic) bond motifs is 1. The standard InChI is InChI=1S/C21H17NO2/c1-14-8-15(2)10-17(9-14)24-21-11-18-19(13-23-20(18)12-22-21)16-6-4-3-5-7-16/h3-13H,1-2H3. The molecule has 0 amide bonds. The molecule has 0 spiro atoms. The summed E-state index contributed by atoms with van der Waals surface area (Å²) < 4.78 is 11.6. The number of hydrogen-bond donors (Lipinski definition) is 0. The molecule has 0 radical (unpaired) electrons. The molecular formula is C21H17NO2. The maximum absolute atomic E-state index is 5.96. The number of hydrogen-bond acceptors (Lipinski definition) is 3. The average molecular weight is 315 g/mol. The van der Waals surface area contributed by atoms with Gasteiger partial charge < -0.3 is 9.15 Å². The highest BCUT2D eigenvalue weighted by molar-refractivity contribution is 5.94. The van der Waals surface area contributed by atoms with Crippen LogP contribution in [-0.4, -0.2) is 4.98 Å².